The van der Waals surface area contributed by atoms with Gasteiger partial charge in [0, 0.05) is 12.6 Å². The number of benzene rings is 1. The van der Waals surface area contributed by atoms with E-state index in [1.54, 1.807) is 29.4 Å². The van der Waals surface area contributed by atoms with E-state index in [1.165, 1.54) is 7.11 Å². The Hall–Kier alpha value is -2.84. The summed E-state index contributed by atoms with van der Waals surface area (Å²) in [5.74, 6) is -1.15. The number of hydrogen-bond acceptors (Lipinski definition) is 4. The summed E-state index contributed by atoms with van der Waals surface area (Å²) < 4.78 is 41.8. The molecule has 128 valence electrons. The number of rotatable bonds is 5. The van der Waals surface area contributed by atoms with Crippen molar-refractivity contribution in [1.82, 2.24) is 15.5 Å². The number of nitrogens with one attached hydrogen (secondary N) is 2. The number of carbonyl (C=O) groups is 2. The lowest BCUT2D eigenvalue weighted by Crippen LogP contribution is -2.26. The third-order valence-electron chi connectivity index (χ3n) is 3.19. The Morgan fingerprint density at radius 3 is 2.46 bits per heavy atom. The minimum Gasteiger partial charge on any atom is -0.465 e. The van der Waals surface area contributed by atoms with Crippen molar-refractivity contribution >= 4 is 11.9 Å². The van der Waals surface area contributed by atoms with Crippen molar-refractivity contribution in [1.29, 1.82) is 0 Å². The fourth-order valence-electron chi connectivity index (χ4n) is 1.92. The molecule has 0 aliphatic carbocycles. The van der Waals surface area contributed by atoms with Gasteiger partial charge in [0.25, 0.3) is 5.91 Å². The van der Waals surface area contributed by atoms with E-state index >= 15 is 0 Å². The van der Waals surface area contributed by atoms with E-state index < -0.39 is 23.7 Å². The molecule has 0 unspecified atom stereocenters. The van der Waals surface area contributed by atoms with Crippen molar-refractivity contribution in [2.45, 2.75) is 12.6 Å². The number of methoxy groups -OCH3 is 1. The Kier molecular flexibility index (Phi) is 5.22. The van der Waals surface area contributed by atoms with Crippen LogP contribution < -0.4 is 5.32 Å². The second kappa shape index (κ2) is 7.16. The van der Waals surface area contributed by atoms with Crippen LogP contribution >= 0.6 is 0 Å². The average molecular weight is 341 g/mol. The third-order valence-corrected chi connectivity index (χ3v) is 3.19. The van der Waals surface area contributed by atoms with Crippen molar-refractivity contribution in [3.05, 3.63) is 52.8 Å². The number of aromatic amines is 1. The van der Waals surface area contributed by atoms with E-state index in [9.17, 15) is 22.8 Å². The fraction of sp³-hybridized carbons (Fsp3) is 0.267. The summed E-state index contributed by atoms with van der Waals surface area (Å²) in [7, 11) is 1.28. The predicted octanol–water partition coefficient (Wildman–Crippen LogP) is 2.19. The molecule has 9 heteroatoms. The van der Waals surface area contributed by atoms with Gasteiger partial charge in [-0.05, 0) is 24.1 Å². The van der Waals surface area contributed by atoms with Gasteiger partial charge in [-0.25, -0.2) is 4.79 Å². The molecule has 1 aromatic carbocycles. The van der Waals surface area contributed by atoms with Crippen LogP contribution in [-0.2, 0) is 17.3 Å². The number of alkyl halides is 3. The molecule has 0 saturated carbocycles. The van der Waals surface area contributed by atoms with Crippen molar-refractivity contribution in [2.75, 3.05) is 13.7 Å². The molecule has 2 N–H and O–H groups in total. The molecule has 0 spiro atoms. The van der Waals surface area contributed by atoms with Gasteiger partial charge in [0.1, 0.15) is 5.69 Å². The maximum absolute atomic E-state index is 12.4. The summed E-state index contributed by atoms with van der Waals surface area (Å²) in [6.45, 7) is 0.213. The van der Waals surface area contributed by atoms with Crippen molar-refractivity contribution in [2.24, 2.45) is 0 Å². The van der Waals surface area contributed by atoms with Gasteiger partial charge in [-0.2, -0.15) is 18.3 Å². The van der Waals surface area contributed by atoms with Gasteiger partial charge in [0.15, 0.2) is 5.69 Å². The van der Waals surface area contributed by atoms with E-state index in [4.69, 9.17) is 0 Å². The SMILES string of the molecule is COC(=O)c1ccc(CCNC(=O)c2cc(C(F)(F)F)[nH]n2)cc1. The first-order chi connectivity index (χ1) is 11.3. The van der Waals surface area contributed by atoms with Crippen LogP contribution in [0.3, 0.4) is 0 Å². The quantitative estimate of drug-likeness (QED) is 0.817. The zero-order chi connectivity index (χ0) is 17.7. The highest BCUT2D eigenvalue weighted by molar-refractivity contribution is 5.92. The first kappa shape index (κ1) is 17.5. The van der Waals surface area contributed by atoms with Gasteiger partial charge in [-0.1, -0.05) is 12.1 Å². The first-order valence-electron chi connectivity index (χ1n) is 6.89. The molecule has 1 amide bonds. The smallest absolute Gasteiger partial charge is 0.432 e. The van der Waals surface area contributed by atoms with E-state index in [-0.39, 0.29) is 12.2 Å². The van der Waals surface area contributed by atoms with Gasteiger partial charge in [0.2, 0.25) is 0 Å². The second-order valence-corrected chi connectivity index (χ2v) is 4.86. The summed E-state index contributed by atoms with van der Waals surface area (Å²) in [6, 6.07) is 7.24. The largest absolute Gasteiger partial charge is 0.465 e. The summed E-state index contributed by atoms with van der Waals surface area (Å²) >= 11 is 0. The zero-order valence-corrected chi connectivity index (χ0v) is 12.6. The number of aromatic nitrogens is 2. The summed E-state index contributed by atoms with van der Waals surface area (Å²) in [6.07, 6.45) is -4.13. The standard InChI is InChI=1S/C15H14F3N3O3/c1-24-14(23)10-4-2-9(3-5-10)6-7-19-13(22)11-8-12(21-20-11)15(16,17)18/h2-5,8H,6-7H2,1H3,(H,19,22)(H,20,21). The van der Waals surface area contributed by atoms with Gasteiger partial charge >= 0.3 is 12.1 Å². The molecule has 6 nitrogen and oxygen atoms in total. The number of halogens is 3. The van der Waals surface area contributed by atoms with E-state index in [0.717, 1.165) is 5.56 Å². The lowest BCUT2D eigenvalue weighted by atomic mass is 10.1. The molecule has 24 heavy (non-hydrogen) atoms. The van der Waals surface area contributed by atoms with Crippen LogP contribution in [0.15, 0.2) is 30.3 Å². The minimum atomic E-state index is -4.58. The Morgan fingerprint density at radius 1 is 1.25 bits per heavy atom. The Bertz CT molecular complexity index is 724. The van der Waals surface area contributed by atoms with Crippen LogP contribution in [-0.4, -0.2) is 35.7 Å². The molecule has 1 aromatic heterocycles. The van der Waals surface area contributed by atoms with Crippen molar-refractivity contribution in [3.8, 4) is 0 Å². The minimum absolute atomic E-state index is 0.213. The highest BCUT2D eigenvalue weighted by Crippen LogP contribution is 2.27. The number of ether oxygens (including phenoxy) is 1. The maximum Gasteiger partial charge on any atom is 0.432 e. The summed E-state index contributed by atoms with van der Waals surface area (Å²) in [4.78, 5) is 23.0. The molecule has 2 aromatic rings. The Balaban J connectivity index is 1.86. The van der Waals surface area contributed by atoms with E-state index in [2.05, 4.69) is 15.2 Å². The molecule has 0 fully saturated rings. The number of hydrogen-bond donors (Lipinski definition) is 2. The first-order valence-corrected chi connectivity index (χ1v) is 6.89. The van der Waals surface area contributed by atoms with Crippen molar-refractivity contribution in [3.63, 3.8) is 0 Å². The monoisotopic (exact) mass is 341 g/mol. The molecular weight excluding hydrogens is 327 g/mol. The molecule has 1 heterocycles. The number of esters is 1. The number of carbonyl (C=O) groups excluding carboxylic acids is 2. The fourth-order valence-corrected chi connectivity index (χ4v) is 1.92. The molecule has 0 atom stereocenters. The van der Waals surface area contributed by atoms with Crippen LogP contribution in [0.25, 0.3) is 0 Å². The average Bonchev–Trinajstić information content (AvgIpc) is 3.05. The molecule has 0 saturated heterocycles. The Labute approximate surface area is 135 Å². The molecule has 2 rings (SSSR count). The molecule has 0 aliphatic heterocycles. The lowest BCUT2D eigenvalue weighted by Gasteiger charge is -2.05. The van der Waals surface area contributed by atoms with Crippen LogP contribution in [0, 0.1) is 0 Å². The summed E-state index contributed by atoms with van der Waals surface area (Å²) in [5.41, 5.74) is -0.156. The predicted molar refractivity (Wildman–Crippen MR) is 77.4 cm³/mol. The van der Waals surface area contributed by atoms with E-state index in [1.807, 2.05) is 0 Å². The van der Waals surface area contributed by atoms with Gasteiger partial charge in [0.05, 0.1) is 12.7 Å². The summed E-state index contributed by atoms with van der Waals surface area (Å²) in [5, 5.41) is 7.60. The van der Waals surface area contributed by atoms with Crippen LogP contribution in [0.1, 0.15) is 32.1 Å². The van der Waals surface area contributed by atoms with Gasteiger partial charge in [-0.15, -0.1) is 0 Å². The highest BCUT2D eigenvalue weighted by atomic mass is 19.4. The number of H-pyrrole nitrogens is 1. The van der Waals surface area contributed by atoms with E-state index in [0.29, 0.717) is 18.1 Å². The molecule has 0 aliphatic rings. The Morgan fingerprint density at radius 2 is 1.92 bits per heavy atom. The zero-order valence-electron chi connectivity index (χ0n) is 12.6. The van der Waals surface area contributed by atoms with Gasteiger partial charge in [-0.3, -0.25) is 9.89 Å². The van der Waals surface area contributed by atoms with Crippen LogP contribution in [0.2, 0.25) is 0 Å². The molecule has 0 bridgehead atoms. The van der Waals surface area contributed by atoms with Crippen LogP contribution in [0.5, 0.6) is 0 Å². The topological polar surface area (TPSA) is 84.1 Å². The van der Waals surface area contributed by atoms with Crippen LogP contribution in [0.4, 0.5) is 13.2 Å². The molecule has 0 radical (unpaired) electrons. The van der Waals surface area contributed by atoms with Crippen molar-refractivity contribution < 1.29 is 27.5 Å². The number of amides is 1. The highest BCUT2D eigenvalue weighted by Gasteiger charge is 2.33. The number of nitrogens with zero attached hydrogens (tertiary/aromatic N) is 1. The lowest BCUT2D eigenvalue weighted by molar-refractivity contribution is -0.141. The molecular formula is C15H14F3N3O3. The van der Waals surface area contributed by atoms with Gasteiger partial charge < -0.3 is 10.1 Å². The maximum atomic E-state index is 12.4. The second-order valence-electron chi connectivity index (χ2n) is 4.86. The third kappa shape index (κ3) is 4.34. The normalized spacial score (nSPS) is 11.2.